The first kappa shape index (κ1) is 10.0. The monoisotopic (exact) mass is 165 g/mol. The molecule has 0 aliphatic carbocycles. The van der Waals surface area contributed by atoms with Crippen LogP contribution in [0.15, 0.2) is 0 Å². The van der Waals surface area contributed by atoms with Gasteiger partial charge in [0.25, 0.3) is 0 Å². The van der Waals surface area contributed by atoms with Crippen molar-refractivity contribution in [2.24, 2.45) is 0 Å². The van der Waals surface area contributed by atoms with Crippen LogP contribution in [0.4, 0.5) is 0 Å². The van der Waals surface area contributed by atoms with Crippen LogP contribution < -0.4 is 0 Å². The molecule has 0 spiro atoms. The fourth-order valence-corrected chi connectivity index (χ4v) is 1.11. The molecule has 0 aromatic rings. The summed E-state index contributed by atoms with van der Waals surface area (Å²) >= 11 is 0. The summed E-state index contributed by atoms with van der Waals surface area (Å²) in [5, 5.41) is 0. The highest BCUT2D eigenvalue weighted by Gasteiger charge is 2.04. The summed E-state index contributed by atoms with van der Waals surface area (Å²) in [5.74, 6) is 0. The quantitative estimate of drug-likeness (QED) is 0.635. The van der Waals surface area contributed by atoms with Gasteiger partial charge in [0.05, 0.1) is 6.10 Å². The predicted molar refractivity (Wildman–Crippen MR) is 39.9 cm³/mol. The third-order valence-electron chi connectivity index (χ3n) is 1.23. The Balaban J connectivity index is 3.25. The molecule has 2 atom stereocenters. The van der Waals surface area contributed by atoms with E-state index in [9.17, 15) is 4.57 Å². The van der Waals surface area contributed by atoms with E-state index in [0.29, 0.717) is 0 Å². The molecule has 1 radical (unpaired) electrons. The van der Waals surface area contributed by atoms with E-state index in [0.717, 1.165) is 19.3 Å². The standard InChI is InChI=1S/C6H14O3P/c1-3-4-5-6(2)9-10(7)8/h6H,3-5H2,1-2H3,(H,7,8). The van der Waals surface area contributed by atoms with Crippen molar-refractivity contribution in [3.05, 3.63) is 0 Å². The summed E-state index contributed by atoms with van der Waals surface area (Å²) in [6, 6.07) is 0. The largest absolute Gasteiger partial charge is 0.366 e. The highest BCUT2D eigenvalue weighted by molar-refractivity contribution is 7.32. The maximum Gasteiger partial charge on any atom is 0.366 e. The minimum Gasteiger partial charge on any atom is -0.298 e. The molecule has 0 bridgehead atoms. The van der Waals surface area contributed by atoms with Crippen LogP contribution in [0.1, 0.15) is 33.1 Å². The van der Waals surface area contributed by atoms with Crippen LogP contribution in [0.5, 0.6) is 0 Å². The molecule has 0 saturated carbocycles. The van der Waals surface area contributed by atoms with Gasteiger partial charge in [-0.25, -0.2) is 4.57 Å². The molecule has 0 aromatic heterocycles. The molecule has 4 heteroatoms. The fourth-order valence-electron chi connectivity index (χ4n) is 0.698. The minimum atomic E-state index is -2.41. The maximum absolute atomic E-state index is 10.1. The smallest absolute Gasteiger partial charge is 0.298 e. The van der Waals surface area contributed by atoms with E-state index in [4.69, 9.17) is 4.89 Å². The summed E-state index contributed by atoms with van der Waals surface area (Å²) in [6.07, 6.45) is 2.91. The predicted octanol–water partition coefficient (Wildman–Crippen LogP) is 2.23. The zero-order chi connectivity index (χ0) is 7.98. The lowest BCUT2D eigenvalue weighted by Gasteiger charge is -2.06. The second-order valence-electron chi connectivity index (χ2n) is 2.30. The molecule has 0 saturated heterocycles. The molecule has 0 amide bonds. The second kappa shape index (κ2) is 5.78. The van der Waals surface area contributed by atoms with Crippen LogP contribution in [0.2, 0.25) is 0 Å². The highest BCUT2D eigenvalue weighted by atomic mass is 31.1. The third kappa shape index (κ3) is 6.14. The Hall–Kier alpha value is 0.0200. The number of unbranched alkanes of at least 4 members (excludes halogenated alkanes) is 1. The van der Waals surface area contributed by atoms with E-state index < -0.39 is 8.25 Å². The SMILES string of the molecule is CCCCC(C)O[P](=O)O. The van der Waals surface area contributed by atoms with Gasteiger partial charge in [-0.15, -0.1) is 0 Å². The van der Waals surface area contributed by atoms with Crippen molar-refractivity contribution in [3.8, 4) is 0 Å². The summed E-state index contributed by atoms with van der Waals surface area (Å²) in [7, 11) is -2.41. The van der Waals surface area contributed by atoms with Crippen LogP contribution >= 0.6 is 8.25 Å². The Morgan fingerprint density at radius 1 is 1.70 bits per heavy atom. The lowest BCUT2D eigenvalue weighted by molar-refractivity contribution is 0.193. The van der Waals surface area contributed by atoms with Crippen LogP contribution in [0, 0.1) is 0 Å². The maximum atomic E-state index is 10.1. The second-order valence-corrected chi connectivity index (χ2v) is 2.98. The Labute approximate surface area is 62.3 Å². The lowest BCUT2D eigenvalue weighted by atomic mass is 10.2. The average Bonchev–Trinajstić information content (AvgIpc) is 1.82. The van der Waals surface area contributed by atoms with Crippen molar-refractivity contribution < 1.29 is 14.0 Å². The Bertz CT molecular complexity index is 105. The number of hydrogen-bond donors (Lipinski definition) is 1. The third-order valence-corrected chi connectivity index (χ3v) is 1.77. The molecule has 1 N–H and O–H groups in total. The van der Waals surface area contributed by atoms with Gasteiger partial charge in [-0.2, -0.15) is 0 Å². The van der Waals surface area contributed by atoms with Crippen LogP contribution in [0.3, 0.4) is 0 Å². The molecule has 0 heterocycles. The van der Waals surface area contributed by atoms with E-state index in [1.165, 1.54) is 0 Å². The van der Waals surface area contributed by atoms with E-state index in [2.05, 4.69) is 11.4 Å². The van der Waals surface area contributed by atoms with Gasteiger partial charge in [-0.1, -0.05) is 19.8 Å². The molecule has 0 aliphatic heterocycles. The first-order chi connectivity index (χ1) is 4.66. The van der Waals surface area contributed by atoms with Gasteiger partial charge >= 0.3 is 8.25 Å². The van der Waals surface area contributed by atoms with E-state index >= 15 is 0 Å². The molecular weight excluding hydrogens is 151 g/mol. The number of rotatable bonds is 5. The molecule has 61 valence electrons. The van der Waals surface area contributed by atoms with E-state index in [-0.39, 0.29) is 6.10 Å². The molecule has 10 heavy (non-hydrogen) atoms. The minimum absolute atomic E-state index is 0.0893. The van der Waals surface area contributed by atoms with Crippen molar-refractivity contribution in [3.63, 3.8) is 0 Å². The number of hydrogen-bond acceptors (Lipinski definition) is 2. The summed E-state index contributed by atoms with van der Waals surface area (Å²) in [6.45, 7) is 3.88. The van der Waals surface area contributed by atoms with Crippen molar-refractivity contribution >= 4 is 8.25 Å². The van der Waals surface area contributed by atoms with Gasteiger partial charge in [0.1, 0.15) is 0 Å². The fraction of sp³-hybridized carbons (Fsp3) is 1.00. The summed E-state index contributed by atoms with van der Waals surface area (Å²) < 4.78 is 14.7. The molecule has 0 aromatic carbocycles. The lowest BCUT2D eigenvalue weighted by Crippen LogP contribution is -2.01. The molecule has 0 fully saturated rings. The Morgan fingerprint density at radius 3 is 2.70 bits per heavy atom. The van der Waals surface area contributed by atoms with Gasteiger partial charge < -0.3 is 0 Å². The van der Waals surface area contributed by atoms with Crippen LogP contribution in [-0.4, -0.2) is 11.0 Å². The first-order valence-corrected chi connectivity index (χ1v) is 4.62. The van der Waals surface area contributed by atoms with Crippen molar-refractivity contribution in [2.45, 2.75) is 39.2 Å². The van der Waals surface area contributed by atoms with Crippen LogP contribution in [-0.2, 0) is 9.09 Å². The average molecular weight is 165 g/mol. The van der Waals surface area contributed by atoms with Gasteiger partial charge in [0, 0.05) is 0 Å². The Morgan fingerprint density at radius 2 is 2.30 bits per heavy atom. The zero-order valence-electron chi connectivity index (χ0n) is 6.41. The molecular formula is C6H14O3P. The molecule has 3 nitrogen and oxygen atoms in total. The highest BCUT2D eigenvalue weighted by Crippen LogP contribution is 2.20. The molecule has 0 aliphatic rings. The normalized spacial score (nSPS) is 14.9. The van der Waals surface area contributed by atoms with Gasteiger partial charge in [-0.05, 0) is 13.3 Å². The molecule has 2 unspecified atom stereocenters. The summed E-state index contributed by atoms with van der Waals surface area (Å²) in [4.78, 5) is 8.31. The van der Waals surface area contributed by atoms with Crippen molar-refractivity contribution in [1.29, 1.82) is 0 Å². The Kier molecular flexibility index (Phi) is 5.79. The zero-order valence-corrected chi connectivity index (χ0v) is 7.30. The van der Waals surface area contributed by atoms with E-state index in [1.807, 2.05) is 0 Å². The summed E-state index contributed by atoms with van der Waals surface area (Å²) in [5.41, 5.74) is 0. The van der Waals surface area contributed by atoms with Crippen molar-refractivity contribution in [2.75, 3.05) is 0 Å². The van der Waals surface area contributed by atoms with E-state index in [1.54, 1.807) is 6.92 Å². The molecule has 0 rings (SSSR count). The van der Waals surface area contributed by atoms with Gasteiger partial charge in [0.15, 0.2) is 0 Å². The van der Waals surface area contributed by atoms with Crippen molar-refractivity contribution in [1.82, 2.24) is 0 Å². The first-order valence-electron chi connectivity index (χ1n) is 3.49. The van der Waals surface area contributed by atoms with Gasteiger partial charge in [0.2, 0.25) is 0 Å². The van der Waals surface area contributed by atoms with Gasteiger partial charge in [-0.3, -0.25) is 9.42 Å². The topological polar surface area (TPSA) is 46.5 Å². The van der Waals surface area contributed by atoms with Crippen LogP contribution in [0.25, 0.3) is 0 Å².